The summed E-state index contributed by atoms with van der Waals surface area (Å²) >= 11 is -1.84. The zero-order valence-electron chi connectivity index (χ0n) is 10.9. The average Bonchev–Trinajstić information content (AvgIpc) is 2.48. The molecule has 110 valence electrons. The molecule has 0 aliphatic carbocycles. The van der Waals surface area contributed by atoms with E-state index in [1.807, 2.05) is 6.07 Å². The number of thiol groups is 1. The fourth-order valence-electron chi connectivity index (χ4n) is 1.64. The van der Waals surface area contributed by atoms with E-state index in [2.05, 4.69) is 4.72 Å². The van der Waals surface area contributed by atoms with E-state index in [0.717, 1.165) is 0 Å². The Kier molecular flexibility index (Phi) is 5.38. The summed E-state index contributed by atoms with van der Waals surface area (Å²) in [6.45, 7) is 0. The molecule has 1 unspecified atom stereocenters. The average molecular weight is 323 g/mol. The largest absolute Gasteiger partial charge is 0.586 e. The molecule has 0 aromatic heterocycles. The molecule has 2 aromatic carbocycles. The first kappa shape index (κ1) is 15.6. The Balaban J connectivity index is 1.97. The van der Waals surface area contributed by atoms with Gasteiger partial charge in [-0.3, -0.25) is 0 Å². The normalized spacial score (nSPS) is 12.1. The lowest BCUT2D eigenvalue weighted by atomic mass is 10.2. The van der Waals surface area contributed by atoms with Crippen molar-refractivity contribution in [3.05, 3.63) is 60.2 Å². The number of anilines is 1. The van der Waals surface area contributed by atoms with Gasteiger partial charge in [0.1, 0.15) is 11.4 Å². The Morgan fingerprint density at radius 3 is 2.24 bits per heavy atom. The molecule has 2 rings (SSSR count). The first-order chi connectivity index (χ1) is 10.1. The van der Waals surface area contributed by atoms with Crippen LogP contribution in [-0.2, 0) is 33.3 Å². The maximum Gasteiger partial charge on any atom is 0.359 e. The molecule has 1 N–H and O–H groups in total. The van der Waals surface area contributed by atoms with Gasteiger partial charge in [-0.05, 0) is 29.8 Å². The minimum absolute atomic E-state index is 0.0254. The van der Waals surface area contributed by atoms with Crippen LogP contribution in [-0.4, -0.2) is 18.1 Å². The fraction of sp³-hybridized carbons (Fsp3) is 0.0714. The van der Waals surface area contributed by atoms with Crippen LogP contribution in [0.2, 0.25) is 0 Å². The second-order valence-corrected chi connectivity index (χ2v) is 6.44. The Morgan fingerprint density at radius 2 is 1.67 bits per heavy atom. The summed E-state index contributed by atoms with van der Waals surface area (Å²) in [5.74, 6) is 0. The standard InChI is InChI=1S/C14H13NO4S2/c16-14(20(17)15-12-4-2-1-3-5-12)10-11-6-8-13(9-7-11)21(18)19/h1-9,15,21H,10H2. The van der Waals surface area contributed by atoms with Crippen LogP contribution in [0.4, 0.5) is 5.69 Å². The van der Waals surface area contributed by atoms with Gasteiger partial charge in [0.05, 0.1) is 17.0 Å². The van der Waals surface area contributed by atoms with Crippen LogP contribution in [0.5, 0.6) is 0 Å². The lowest BCUT2D eigenvalue weighted by Gasteiger charge is -2.09. The Labute approximate surface area is 127 Å². The number of carbonyl (C=O) groups excluding carboxylic acids is 1. The van der Waals surface area contributed by atoms with E-state index >= 15 is 0 Å². The van der Waals surface area contributed by atoms with E-state index in [4.69, 9.17) is 0 Å². The quantitative estimate of drug-likeness (QED) is 0.643. The maximum absolute atomic E-state index is 11.9. The topological polar surface area (TPSA) is 86.3 Å². The van der Waals surface area contributed by atoms with Gasteiger partial charge < -0.3 is 4.55 Å². The van der Waals surface area contributed by atoms with E-state index in [9.17, 15) is 17.8 Å². The van der Waals surface area contributed by atoms with Gasteiger partial charge >= 0.3 is 5.12 Å². The Hall–Kier alpha value is -1.83. The number of carbonyl (C=O) groups is 1. The molecule has 0 spiro atoms. The highest BCUT2D eigenvalue weighted by Gasteiger charge is 2.20. The lowest BCUT2D eigenvalue weighted by molar-refractivity contribution is -0.111. The number of rotatable bonds is 5. The van der Waals surface area contributed by atoms with Crippen molar-refractivity contribution < 1.29 is 17.8 Å². The summed E-state index contributed by atoms with van der Waals surface area (Å²) in [5.41, 5.74) is 1.21. The molecule has 0 fully saturated rings. The predicted octanol–water partition coefficient (Wildman–Crippen LogP) is 1.50. The van der Waals surface area contributed by atoms with Crippen LogP contribution < -0.4 is 4.72 Å². The van der Waals surface area contributed by atoms with Crippen LogP contribution in [0.25, 0.3) is 0 Å². The summed E-state index contributed by atoms with van der Waals surface area (Å²) in [4.78, 5) is 12.0. The molecule has 0 saturated heterocycles. The van der Waals surface area contributed by atoms with Gasteiger partial charge in [-0.25, -0.2) is 17.9 Å². The minimum Gasteiger partial charge on any atom is -0.586 e. The molecular formula is C14H13NO4S2. The third-order valence-corrected chi connectivity index (χ3v) is 4.39. The molecule has 5 nitrogen and oxygen atoms in total. The SMILES string of the molecule is O=C(Cc1ccc([SH](=O)=O)cc1)[S+]([O-])Nc1ccccc1. The minimum atomic E-state index is -2.63. The second kappa shape index (κ2) is 7.26. The third kappa shape index (κ3) is 4.59. The van der Waals surface area contributed by atoms with Gasteiger partial charge in [0.2, 0.25) is 0 Å². The molecule has 0 heterocycles. The van der Waals surface area contributed by atoms with Crippen molar-refractivity contribution in [1.29, 1.82) is 0 Å². The molecule has 0 amide bonds. The van der Waals surface area contributed by atoms with Gasteiger partial charge in [-0.1, -0.05) is 30.3 Å². The van der Waals surface area contributed by atoms with Crippen molar-refractivity contribution in [2.75, 3.05) is 4.72 Å². The number of hydrogen-bond acceptors (Lipinski definition) is 5. The van der Waals surface area contributed by atoms with Crippen molar-refractivity contribution in [2.45, 2.75) is 11.3 Å². The van der Waals surface area contributed by atoms with Crippen molar-refractivity contribution in [3.8, 4) is 0 Å². The molecule has 0 bridgehead atoms. The third-order valence-electron chi connectivity index (χ3n) is 2.69. The first-order valence-electron chi connectivity index (χ1n) is 6.06. The van der Waals surface area contributed by atoms with E-state index < -0.39 is 27.2 Å². The highest BCUT2D eigenvalue weighted by Crippen LogP contribution is 2.12. The van der Waals surface area contributed by atoms with Gasteiger partial charge in [0.25, 0.3) is 0 Å². The number of para-hydroxylation sites is 1. The lowest BCUT2D eigenvalue weighted by Crippen LogP contribution is -2.24. The number of nitrogens with one attached hydrogen (secondary N) is 1. The molecule has 0 radical (unpaired) electrons. The van der Waals surface area contributed by atoms with Crippen LogP contribution in [0.3, 0.4) is 0 Å². The van der Waals surface area contributed by atoms with Crippen LogP contribution in [0, 0.1) is 0 Å². The number of benzene rings is 2. The summed E-state index contributed by atoms with van der Waals surface area (Å²) in [7, 11) is -2.63. The highest BCUT2D eigenvalue weighted by molar-refractivity contribution is 8.07. The van der Waals surface area contributed by atoms with E-state index in [0.29, 0.717) is 11.3 Å². The molecule has 2 aromatic rings. The zero-order chi connectivity index (χ0) is 15.2. The van der Waals surface area contributed by atoms with Crippen molar-refractivity contribution in [3.63, 3.8) is 0 Å². The molecule has 0 aliphatic heterocycles. The molecule has 7 heteroatoms. The fourth-order valence-corrected chi connectivity index (χ4v) is 2.79. The number of hydrogen-bond donors (Lipinski definition) is 2. The van der Waals surface area contributed by atoms with Crippen molar-refractivity contribution in [1.82, 2.24) is 0 Å². The smallest absolute Gasteiger partial charge is 0.359 e. The Bertz CT molecular complexity index is 676. The van der Waals surface area contributed by atoms with Crippen LogP contribution in [0.1, 0.15) is 5.56 Å². The van der Waals surface area contributed by atoms with E-state index in [1.165, 1.54) is 24.3 Å². The summed E-state index contributed by atoms with van der Waals surface area (Å²) in [5, 5.41) is -0.474. The van der Waals surface area contributed by atoms with Gasteiger partial charge in [0, 0.05) is 0 Å². The van der Waals surface area contributed by atoms with E-state index in [-0.39, 0.29) is 11.3 Å². The van der Waals surface area contributed by atoms with Crippen molar-refractivity contribution >= 4 is 32.9 Å². The predicted molar refractivity (Wildman–Crippen MR) is 81.9 cm³/mol. The van der Waals surface area contributed by atoms with Crippen molar-refractivity contribution in [2.24, 2.45) is 0 Å². The summed E-state index contributed by atoms with van der Waals surface area (Å²) in [6, 6.07) is 14.7. The molecule has 0 saturated carbocycles. The Morgan fingerprint density at radius 1 is 1.05 bits per heavy atom. The summed E-state index contributed by atoms with van der Waals surface area (Å²) < 4.78 is 36.0. The zero-order valence-corrected chi connectivity index (χ0v) is 12.6. The molecule has 0 aliphatic rings. The first-order valence-corrected chi connectivity index (χ1v) is 8.38. The monoisotopic (exact) mass is 323 g/mol. The molecular weight excluding hydrogens is 310 g/mol. The highest BCUT2D eigenvalue weighted by atomic mass is 32.2. The summed E-state index contributed by atoms with van der Waals surface area (Å²) in [6.07, 6.45) is -0.0254. The second-order valence-electron chi connectivity index (χ2n) is 4.21. The van der Waals surface area contributed by atoms with Gasteiger partial charge in [0.15, 0.2) is 10.7 Å². The van der Waals surface area contributed by atoms with Gasteiger partial charge in [-0.2, -0.15) is 0 Å². The van der Waals surface area contributed by atoms with E-state index in [1.54, 1.807) is 24.3 Å². The maximum atomic E-state index is 11.9. The molecule has 21 heavy (non-hydrogen) atoms. The van der Waals surface area contributed by atoms with Crippen LogP contribution in [0.15, 0.2) is 59.5 Å². The van der Waals surface area contributed by atoms with Gasteiger partial charge in [-0.15, -0.1) is 0 Å². The van der Waals surface area contributed by atoms with Crippen LogP contribution >= 0.6 is 0 Å². The molecule has 1 atom stereocenters.